The van der Waals surface area contributed by atoms with Crippen LogP contribution in [0.3, 0.4) is 0 Å². The van der Waals surface area contributed by atoms with Gasteiger partial charge < -0.3 is 14.7 Å². The van der Waals surface area contributed by atoms with Gasteiger partial charge in [0.1, 0.15) is 5.82 Å². The Balaban J connectivity index is 2.36. The molecule has 18 heavy (non-hydrogen) atoms. The minimum atomic E-state index is 0.106. The van der Waals surface area contributed by atoms with E-state index in [9.17, 15) is 0 Å². The summed E-state index contributed by atoms with van der Waals surface area (Å²) in [5.41, 5.74) is 0. The van der Waals surface area contributed by atoms with E-state index in [1.165, 1.54) is 0 Å². The van der Waals surface area contributed by atoms with Crippen LogP contribution in [-0.2, 0) is 4.74 Å². The summed E-state index contributed by atoms with van der Waals surface area (Å²) in [5, 5.41) is 11.4. The van der Waals surface area contributed by atoms with Gasteiger partial charge in [-0.15, -0.1) is 0 Å². The van der Waals surface area contributed by atoms with Gasteiger partial charge in [-0.2, -0.15) is 0 Å². The highest BCUT2D eigenvalue weighted by Gasteiger charge is 2.10. The molecular weight excluding hydrogens is 228 g/mol. The number of hydrogen-bond acceptors (Lipinski definition) is 4. The molecule has 0 saturated heterocycles. The second kappa shape index (κ2) is 6.33. The maximum Gasteiger partial charge on any atom is 0.136 e. The molecule has 0 amide bonds. The van der Waals surface area contributed by atoms with Gasteiger partial charge >= 0.3 is 0 Å². The van der Waals surface area contributed by atoms with E-state index in [0.29, 0.717) is 13.2 Å². The van der Waals surface area contributed by atoms with Gasteiger partial charge in [0, 0.05) is 31.8 Å². The molecule has 1 heterocycles. The first-order chi connectivity index (χ1) is 8.86. The number of rotatable bonds is 6. The SMILES string of the molecule is COCCN(CCO)c1nccc2ccccc12. The van der Waals surface area contributed by atoms with Crippen molar-refractivity contribution in [3.8, 4) is 0 Å². The lowest BCUT2D eigenvalue weighted by Crippen LogP contribution is -2.31. The number of aliphatic hydroxyl groups excluding tert-OH is 1. The number of pyridine rings is 1. The molecule has 0 aliphatic rings. The molecule has 0 radical (unpaired) electrons. The third-order valence-electron chi connectivity index (χ3n) is 2.89. The van der Waals surface area contributed by atoms with Crippen molar-refractivity contribution in [2.24, 2.45) is 0 Å². The molecule has 4 heteroatoms. The average Bonchev–Trinajstić information content (AvgIpc) is 2.43. The van der Waals surface area contributed by atoms with Crippen LogP contribution in [-0.4, -0.2) is 43.5 Å². The van der Waals surface area contributed by atoms with Gasteiger partial charge in [-0.1, -0.05) is 24.3 Å². The molecule has 2 aromatic rings. The van der Waals surface area contributed by atoms with E-state index in [1.807, 2.05) is 23.1 Å². The predicted molar refractivity (Wildman–Crippen MR) is 72.9 cm³/mol. The Morgan fingerprint density at radius 2 is 2.06 bits per heavy atom. The van der Waals surface area contributed by atoms with Gasteiger partial charge in [0.15, 0.2) is 0 Å². The van der Waals surface area contributed by atoms with Crippen LogP contribution < -0.4 is 4.90 Å². The number of methoxy groups -OCH3 is 1. The van der Waals surface area contributed by atoms with Crippen LogP contribution in [0.1, 0.15) is 0 Å². The fourth-order valence-electron chi connectivity index (χ4n) is 2.00. The maximum absolute atomic E-state index is 9.16. The van der Waals surface area contributed by atoms with Crippen molar-refractivity contribution in [3.63, 3.8) is 0 Å². The molecule has 1 aromatic carbocycles. The van der Waals surface area contributed by atoms with Crippen molar-refractivity contribution in [2.75, 3.05) is 38.3 Å². The summed E-state index contributed by atoms with van der Waals surface area (Å²) < 4.78 is 5.10. The Morgan fingerprint density at radius 1 is 1.22 bits per heavy atom. The Morgan fingerprint density at radius 3 is 2.83 bits per heavy atom. The fourth-order valence-corrected chi connectivity index (χ4v) is 2.00. The van der Waals surface area contributed by atoms with Gasteiger partial charge in [-0.25, -0.2) is 4.98 Å². The summed E-state index contributed by atoms with van der Waals surface area (Å²) >= 11 is 0. The van der Waals surface area contributed by atoms with Crippen molar-refractivity contribution < 1.29 is 9.84 Å². The first-order valence-electron chi connectivity index (χ1n) is 6.05. The molecule has 0 saturated carbocycles. The summed E-state index contributed by atoms with van der Waals surface area (Å²) in [4.78, 5) is 6.49. The van der Waals surface area contributed by atoms with Gasteiger partial charge in [0.25, 0.3) is 0 Å². The van der Waals surface area contributed by atoms with E-state index in [-0.39, 0.29) is 6.61 Å². The van der Waals surface area contributed by atoms with Crippen LogP contribution in [0, 0.1) is 0 Å². The molecule has 1 N–H and O–H groups in total. The molecular formula is C14H18N2O2. The van der Waals surface area contributed by atoms with E-state index in [0.717, 1.165) is 23.1 Å². The van der Waals surface area contributed by atoms with Crippen molar-refractivity contribution >= 4 is 16.6 Å². The number of benzene rings is 1. The number of nitrogens with zero attached hydrogens (tertiary/aromatic N) is 2. The minimum Gasteiger partial charge on any atom is -0.395 e. The third-order valence-corrected chi connectivity index (χ3v) is 2.89. The summed E-state index contributed by atoms with van der Waals surface area (Å²) in [7, 11) is 1.67. The van der Waals surface area contributed by atoms with E-state index in [2.05, 4.69) is 17.1 Å². The van der Waals surface area contributed by atoms with Crippen LogP contribution in [0.25, 0.3) is 10.8 Å². The lowest BCUT2D eigenvalue weighted by molar-refractivity contribution is 0.202. The fraction of sp³-hybridized carbons (Fsp3) is 0.357. The largest absolute Gasteiger partial charge is 0.395 e. The highest BCUT2D eigenvalue weighted by Crippen LogP contribution is 2.23. The summed E-state index contributed by atoms with van der Waals surface area (Å²) in [5.74, 6) is 0.902. The van der Waals surface area contributed by atoms with Gasteiger partial charge in [0.05, 0.1) is 13.2 Å². The summed E-state index contributed by atoms with van der Waals surface area (Å²) in [6, 6.07) is 10.1. The smallest absolute Gasteiger partial charge is 0.136 e. The van der Waals surface area contributed by atoms with E-state index < -0.39 is 0 Å². The first-order valence-corrected chi connectivity index (χ1v) is 6.05. The van der Waals surface area contributed by atoms with Crippen molar-refractivity contribution in [1.82, 2.24) is 4.98 Å². The maximum atomic E-state index is 9.16. The zero-order chi connectivity index (χ0) is 12.8. The molecule has 0 unspecified atom stereocenters. The second-order valence-corrected chi connectivity index (χ2v) is 4.06. The molecule has 2 rings (SSSR count). The lowest BCUT2D eigenvalue weighted by Gasteiger charge is -2.23. The predicted octanol–water partition coefficient (Wildman–Crippen LogP) is 1.68. The molecule has 96 valence electrons. The van der Waals surface area contributed by atoms with Crippen LogP contribution in [0.2, 0.25) is 0 Å². The quantitative estimate of drug-likeness (QED) is 0.842. The number of aliphatic hydroxyl groups is 1. The average molecular weight is 246 g/mol. The van der Waals surface area contributed by atoms with E-state index in [4.69, 9.17) is 9.84 Å². The van der Waals surface area contributed by atoms with Crippen LogP contribution >= 0.6 is 0 Å². The van der Waals surface area contributed by atoms with Crippen molar-refractivity contribution in [1.29, 1.82) is 0 Å². The number of hydrogen-bond donors (Lipinski definition) is 1. The van der Waals surface area contributed by atoms with Gasteiger partial charge in [0.2, 0.25) is 0 Å². The monoisotopic (exact) mass is 246 g/mol. The third kappa shape index (κ3) is 2.78. The molecule has 4 nitrogen and oxygen atoms in total. The highest BCUT2D eigenvalue weighted by atomic mass is 16.5. The van der Waals surface area contributed by atoms with Gasteiger partial charge in [-0.05, 0) is 11.5 Å². The normalized spacial score (nSPS) is 10.8. The molecule has 0 fully saturated rings. The first kappa shape index (κ1) is 12.8. The zero-order valence-corrected chi connectivity index (χ0v) is 10.5. The van der Waals surface area contributed by atoms with Crippen LogP contribution in [0.5, 0.6) is 0 Å². The highest BCUT2D eigenvalue weighted by molar-refractivity contribution is 5.92. The zero-order valence-electron chi connectivity index (χ0n) is 10.5. The number of fused-ring (bicyclic) bond motifs is 1. The number of ether oxygens (including phenoxy) is 1. The Kier molecular flexibility index (Phi) is 4.50. The lowest BCUT2D eigenvalue weighted by atomic mass is 10.1. The van der Waals surface area contributed by atoms with Crippen LogP contribution in [0.15, 0.2) is 36.5 Å². The molecule has 0 aliphatic carbocycles. The van der Waals surface area contributed by atoms with Crippen molar-refractivity contribution in [2.45, 2.75) is 0 Å². The molecule has 1 aromatic heterocycles. The molecule has 0 spiro atoms. The standard InChI is InChI=1S/C14H18N2O2/c1-18-11-9-16(8-10-17)14-13-5-3-2-4-12(13)6-7-15-14/h2-7,17H,8-11H2,1H3. The van der Waals surface area contributed by atoms with Gasteiger partial charge in [-0.3, -0.25) is 0 Å². The molecule has 0 atom stereocenters. The molecule has 0 aliphatic heterocycles. The molecule has 0 bridgehead atoms. The Labute approximate surface area is 107 Å². The topological polar surface area (TPSA) is 45.6 Å². The van der Waals surface area contributed by atoms with E-state index >= 15 is 0 Å². The number of anilines is 1. The van der Waals surface area contributed by atoms with E-state index in [1.54, 1.807) is 13.3 Å². The summed E-state index contributed by atoms with van der Waals surface area (Å²) in [6.45, 7) is 2.00. The second-order valence-electron chi connectivity index (χ2n) is 4.06. The Hall–Kier alpha value is -1.65. The van der Waals surface area contributed by atoms with Crippen molar-refractivity contribution in [3.05, 3.63) is 36.5 Å². The Bertz CT molecular complexity index is 497. The number of aromatic nitrogens is 1. The summed E-state index contributed by atoms with van der Waals surface area (Å²) in [6.07, 6.45) is 1.80. The van der Waals surface area contributed by atoms with Crippen LogP contribution in [0.4, 0.5) is 5.82 Å². The minimum absolute atomic E-state index is 0.106.